The van der Waals surface area contributed by atoms with Crippen LogP contribution >= 0.6 is 0 Å². The Morgan fingerprint density at radius 3 is 2.39 bits per heavy atom. The second-order valence-corrected chi connectivity index (χ2v) is 11.6. The fourth-order valence-corrected chi connectivity index (χ4v) is 4.16. The van der Waals surface area contributed by atoms with Gasteiger partial charge in [0, 0.05) is 37.3 Å². The van der Waals surface area contributed by atoms with Gasteiger partial charge in [-0.15, -0.1) is 0 Å². The Hall–Kier alpha value is -1.97. The summed E-state index contributed by atoms with van der Waals surface area (Å²) in [6, 6.07) is 6.92. The standard InChI is InChI=1S/C22H35N3O5S/c1-16-14-25(15-17(2)30-16)21(27)18-9-8-10-19(13-18)24-20(26)11-6-7-12-23-31(28,29)22(3,4)5/h8-10,13,16-17,23H,6-7,11-12,14-15H2,1-5H3,(H,24,26)/t16-,17+. The van der Waals surface area contributed by atoms with Crippen LogP contribution in [-0.2, 0) is 19.6 Å². The fourth-order valence-electron chi connectivity index (χ4n) is 3.31. The number of benzene rings is 1. The van der Waals surface area contributed by atoms with Crippen molar-refractivity contribution in [2.75, 3.05) is 25.0 Å². The van der Waals surface area contributed by atoms with Gasteiger partial charge in [0.15, 0.2) is 0 Å². The topological polar surface area (TPSA) is 105 Å². The Kier molecular flexibility index (Phi) is 8.62. The molecular formula is C22H35N3O5S. The van der Waals surface area contributed by atoms with E-state index in [1.165, 1.54) is 0 Å². The molecule has 2 amide bonds. The van der Waals surface area contributed by atoms with Gasteiger partial charge in [-0.25, -0.2) is 13.1 Å². The summed E-state index contributed by atoms with van der Waals surface area (Å²) in [6.07, 6.45) is 1.37. The number of carbonyl (C=O) groups excluding carboxylic acids is 2. The van der Waals surface area contributed by atoms with E-state index in [9.17, 15) is 18.0 Å². The monoisotopic (exact) mass is 453 g/mol. The number of rotatable bonds is 8. The van der Waals surface area contributed by atoms with Crippen molar-refractivity contribution in [2.24, 2.45) is 0 Å². The molecule has 0 saturated carbocycles. The molecule has 2 N–H and O–H groups in total. The van der Waals surface area contributed by atoms with Crippen LogP contribution in [0.1, 0.15) is 64.2 Å². The smallest absolute Gasteiger partial charge is 0.254 e. The molecule has 0 aromatic heterocycles. The molecular weight excluding hydrogens is 418 g/mol. The van der Waals surface area contributed by atoms with Crippen LogP contribution in [0.4, 0.5) is 5.69 Å². The SMILES string of the molecule is C[C@@H]1CN(C(=O)c2cccc(NC(=O)CCCCNS(=O)(=O)C(C)(C)C)c2)C[C@H](C)O1. The zero-order chi connectivity index (χ0) is 23.2. The molecule has 1 aliphatic heterocycles. The zero-order valence-electron chi connectivity index (χ0n) is 19.1. The molecule has 9 heteroatoms. The molecule has 2 atom stereocenters. The van der Waals surface area contributed by atoms with Crippen LogP contribution in [0, 0.1) is 0 Å². The molecule has 1 heterocycles. The first-order valence-electron chi connectivity index (χ1n) is 10.7. The average Bonchev–Trinajstić information content (AvgIpc) is 2.65. The highest BCUT2D eigenvalue weighted by atomic mass is 32.2. The van der Waals surface area contributed by atoms with E-state index in [1.807, 2.05) is 13.8 Å². The zero-order valence-corrected chi connectivity index (χ0v) is 19.9. The average molecular weight is 454 g/mol. The van der Waals surface area contributed by atoms with Crippen LogP contribution in [0.2, 0.25) is 0 Å². The highest BCUT2D eigenvalue weighted by Gasteiger charge is 2.28. The van der Waals surface area contributed by atoms with Crippen molar-refractivity contribution in [1.82, 2.24) is 9.62 Å². The van der Waals surface area contributed by atoms with E-state index in [0.29, 0.717) is 43.7 Å². The first kappa shape index (κ1) is 25.3. The summed E-state index contributed by atoms with van der Waals surface area (Å²) in [5, 5.41) is 2.82. The van der Waals surface area contributed by atoms with Gasteiger partial charge in [0.05, 0.1) is 17.0 Å². The van der Waals surface area contributed by atoms with Crippen molar-refractivity contribution in [3.8, 4) is 0 Å². The minimum atomic E-state index is -3.37. The predicted octanol–water partition coefficient (Wildman–Crippen LogP) is 2.76. The first-order valence-corrected chi connectivity index (χ1v) is 12.2. The van der Waals surface area contributed by atoms with Gasteiger partial charge in [0.2, 0.25) is 15.9 Å². The molecule has 174 valence electrons. The molecule has 1 aromatic rings. The molecule has 31 heavy (non-hydrogen) atoms. The maximum Gasteiger partial charge on any atom is 0.254 e. The van der Waals surface area contributed by atoms with Gasteiger partial charge in [-0.1, -0.05) is 6.07 Å². The largest absolute Gasteiger partial charge is 0.372 e. The van der Waals surface area contributed by atoms with Crippen LogP contribution in [0.5, 0.6) is 0 Å². The number of carbonyl (C=O) groups is 2. The molecule has 8 nitrogen and oxygen atoms in total. The number of nitrogens with one attached hydrogen (secondary N) is 2. The molecule has 0 spiro atoms. The lowest BCUT2D eigenvalue weighted by Crippen LogP contribution is -2.48. The maximum atomic E-state index is 12.8. The lowest BCUT2D eigenvalue weighted by molar-refractivity contribution is -0.116. The van der Waals surface area contributed by atoms with Crippen molar-refractivity contribution in [1.29, 1.82) is 0 Å². The van der Waals surface area contributed by atoms with E-state index in [0.717, 1.165) is 0 Å². The lowest BCUT2D eigenvalue weighted by Gasteiger charge is -2.35. The predicted molar refractivity (Wildman–Crippen MR) is 122 cm³/mol. The number of sulfonamides is 1. The van der Waals surface area contributed by atoms with Gasteiger partial charge in [0.25, 0.3) is 5.91 Å². The summed E-state index contributed by atoms with van der Waals surface area (Å²) in [7, 11) is -3.37. The maximum absolute atomic E-state index is 12.8. The van der Waals surface area contributed by atoms with Crippen molar-refractivity contribution in [3.63, 3.8) is 0 Å². The normalized spacial score (nSPS) is 19.8. The van der Waals surface area contributed by atoms with E-state index in [-0.39, 0.29) is 30.4 Å². The van der Waals surface area contributed by atoms with Gasteiger partial charge < -0.3 is 15.0 Å². The third kappa shape index (κ3) is 7.59. The van der Waals surface area contributed by atoms with Gasteiger partial charge in [-0.05, 0) is 65.7 Å². The molecule has 0 unspecified atom stereocenters. The molecule has 1 fully saturated rings. The summed E-state index contributed by atoms with van der Waals surface area (Å²) < 4.78 is 31.4. The number of nitrogens with zero attached hydrogens (tertiary/aromatic N) is 1. The van der Waals surface area contributed by atoms with Crippen LogP contribution in [0.15, 0.2) is 24.3 Å². The number of hydrogen-bond acceptors (Lipinski definition) is 5. The van der Waals surface area contributed by atoms with Gasteiger partial charge in [0.1, 0.15) is 0 Å². The van der Waals surface area contributed by atoms with E-state index in [4.69, 9.17) is 4.74 Å². The first-order chi connectivity index (χ1) is 14.4. The summed E-state index contributed by atoms with van der Waals surface area (Å²) in [5.41, 5.74) is 1.09. The molecule has 0 radical (unpaired) electrons. The molecule has 1 aliphatic rings. The van der Waals surface area contributed by atoms with Crippen molar-refractivity contribution in [2.45, 2.75) is 70.8 Å². The van der Waals surface area contributed by atoms with Gasteiger partial charge in [-0.3, -0.25) is 9.59 Å². The van der Waals surface area contributed by atoms with Crippen LogP contribution in [0.3, 0.4) is 0 Å². The highest BCUT2D eigenvalue weighted by molar-refractivity contribution is 7.90. The van der Waals surface area contributed by atoms with Crippen LogP contribution in [-0.4, -0.2) is 61.7 Å². The Balaban J connectivity index is 1.82. The van der Waals surface area contributed by atoms with E-state index < -0.39 is 14.8 Å². The lowest BCUT2D eigenvalue weighted by atomic mass is 10.1. The van der Waals surface area contributed by atoms with E-state index in [2.05, 4.69) is 10.0 Å². The summed E-state index contributed by atoms with van der Waals surface area (Å²) in [6.45, 7) is 10.2. The minimum absolute atomic E-state index is 0.0107. The van der Waals surface area contributed by atoms with Crippen molar-refractivity contribution < 1.29 is 22.7 Å². The Morgan fingerprint density at radius 1 is 1.13 bits per heavy atom. The van der Waals surface area contributed by atoms with Crippen LogP contribution in [0.25, 0.3) is 0 Å². The molecule has 1 saturated heterocycles. The molecule has 0 bridgehead atoms. The summed E-state index contributed by atoms with van der Waals surface area (Å²) in [4.78, 5) is 26.8. The fraction of sp³-hybridized carbons (Fsp3) is 0.636. The number of hydrogen-bond donors (Lipinski definition) is 2. The van der Waals surface area contributed by atoms with Gasteiger partial charge >= 0.3 is 0 Å². The Labute approximate surface area is 185 Å². The van der Waals surface area contributed by atoms with Gasteiger partial charge in [-0.2, -0.15) is 0 Å². The van der Waals surface area contributed by atoms with E-state index in [1.54, 1.807) is 49.9 Å². The third-order valence-electron chi connectivity index (χ3n) is 5.03. The van der Waals surface area contributed by atoms with Crippen LogP contribution < -0.4 is 10.0 Å². The third-order valence-corrected chi connectivity index (χ3v) is 7.23. The number of anilines is 1. The summed E-state index contributed by atoms with van der Waals surface area (Å²) >= 11 is 0. The second-order valence-electron chi connectivity index (χ2n) is 9.06. The summed E-state index contributed by atoms with van der Waals surface area (Å²) in [5.74, 6) is -0.249. The number of morpholine rings is 1. The number of ether oxygens (including phenoxy) is 1. The molecule has 0 aliphatic carbocycles. The molecule has 1 aromatic carbocycles. The second kappa shape index (κ2) is 10.6. The Morgan fingerprint density at radius 2 is 1.77 bits per heavy atom. The quantitative estimate of drug-likeness (QED) is 0.589. The minimum Gasteiger partial charge on any atom is -0.372 e. The molecule has 2 rings (SSSR count). The Bertz CT molecular complexity index is 869. The number of amides is 2. The highest BCUT2D eigenvalue weighted by Crippen LogP contribution is 2.18. The van der Waals surface area contributed by atoms with E-state index >= 15 is 0 Å². The van der Waals surface area contributed by atoms with Crippen molar-refractivity contribution >= 4 is 27.5 Å². The number of unbranched alkanes of at least 4 members (excludes halogenated alkanes) is 1. The van der Waals surface area contributed by atoms with Crippen molar-refractivity contribution in [3.05, 3.63) is 29.8 Å².